The largest absolute Gasteiger partial charge is 0.384 e. The maximum absolute atomic E-state index is 13.2. The van der Waals surface area contributed by atoms with E-state index < -0.39 is 11.2 Å². The third kappa shape index (κ3) is 3.43. The maximum Gasteiger partial charge on any atom is 0.332 e. The quantitative estimate of drug-likeness (QED) is 0.559. The Morgan fingerprint density at radius 3 is 2.48 bits per heavy atom. The number of carbonyl (C=O) groups is 1. The summed E-state index contributed by atoms with van der Waals surface area (Å²) in [6.07, 6.45) is 4.13. The van der Waals surface area contributed by atoms with E-state index in [-0.39, 0.29) is 23.1 Å². The smallest absolute Gasteiger partial charge is 0.332 e. The van der Waals surface area contributed by atoms with Gasteiger partial charge >= 0.3 is 5.69 Å². The minimum Gasteiger partial charge on any atom is -0.384 e. The molecule has 1 saturated carbocycles. The molecular weight excluding hydrogens is 476 g/mol. The van der Waals surface area contributed by atoms with Crippen LogP contribution < -0.4 is 17.0 Å². The van der Waals surface area contributed by atoms with Gasteiger partial charge in [-0.05, 0) is 40.9 Å². The van der Waals surface area contributed by atoms with Gasteiger partial charge in [0.1, 0.15) is 16.4 Å². The number of nitrogens with two attached hydrogens (primary N) is 1. The second-order valence-corrected chi connectivity index (χ2v) is 10.6. The molecule has 3 aromatic heterocycles. The summed E-state index contributed by atoms with van der Waals surface area (Å²) in [7, 11) is 2.93. The van der Waals surface area contributed by atoms with Crippen LogP contribution in [0.15, 0.2) is 25.5 Å². The number of thiazole rings is 1. The summed E-state index contributed by atoms with van der Waals surface area (Å²) in [6.45, 7) is 0. The highest BCUT2D eigenvalue weighted by molar-refractivity contribution is 9.11. The fourth-order valence-electron chi connectivity index (χ4n) is 3.69. The molecule has 10 heteroatoms. The van der Waals surface area contributed by atoms with Crippen LogP contribution in [0.1, 0.15) is 51.8 Å². The van der Waals surface area contributed by atoms with E-state index in [2.05, 4.69) is 15.9 Å². The van der Waals surface area contributed by atoms with Gasteiger partial charge in [-0.15, -0.1) is 22.7 Å². The Balaban J connectivity index is 1.92. The summed E-state index contributed by atoms with van der Waals surface area (Å²) >= 11 is 5.96. The van der Waals surface area contributed by atoms with Gasteiger partial charge in [0.25, 0.3) is 5.56 Å². The topological polar surface area (TPSA) is 100.0 Å². The normalized spacial score (nSPS) is 14.6. The van der Waals surface area contributed by atoms with E-state index in [1.807, 2.05) is 6.07 Å². The fourth-order valence-corrected chi connectivity index (χ4v) is 6.23. The highest BCUT2D eigenvalue weighted by Crippen LogP contribution is 2.41. The minimum absolute atomic E-state index is 0.0580. The monoisotopic (exact) mass is 494 g/mol. The molecule has 0 saturated heterocycles. The molecule has 152 valence electrons. The Labute approximate surface area is 183 Å². The van der Waals surface area contributed by atoms with Crippen molar-refractivity contribution in [2.45, 2.75) is 31.6 Å². The van der Waals surface area contributed by atoms with Crippen LogP contribution in [-0.4, -0.2) is 19.9 Å². The van der Waals surface area contributed by atoms with E-state index >= 15 is 0 Å². The molecule has 0 unspecified atom stereocenters. The number of thiophene rings is 1. The second-order valence-electron chi connectivity index (χ2n) is 7.11. The molecule has 0 amide bonds. The van der Waals surface area contributed by atoms with Crippen LogP contribution >= 0.6 is 38.6 Å². The van der Waals surface area contributed by atoms with Crippen LogP contribution in [0.5, 0.6) is 0 Å². The van der Waals surface area contributed by atoms with Gasteiger partial charge in [-0.2, -0.15) is 0 Å². The van der Waals surface area contributed by atoms with Crippen molar-refractivity contribution in [2.24, 2.45) is 14.1 Å². The third-order valence-electron chi connectivity index (χ3n) is 5.32. The van der Waals surface area contributed by atoms with Crippen LogP contribution in [0.3, 0.4) is 0 Å². The van der Waals surface area contributed by atoms with Crippen molar-refractivity contribution in [2.75, 3.05) is 5.73 Å². The van der Waals surface area contributed by atoms with Crippen molar-refractivity contribution in [1.29, 1.82) is 0 Å². The molecule has 1 fully saturated rings. The summed E-state index contributed by atoms with van der Waals surface area (Å²) in [5.41, 5.74) is 6.03. The summed E-state index contributed by atoms with van der Waals surface area (Å²) < 4.78 is 3.12. The number of rotatable bonds is 4. The molecule has 1 aliphatic rings. The number of halogens is 1. The van der Waals surface area contributed by atoms with Gasteiger partial charge in [-0.1, -0.05) is 12.8 Å². The van der Waals surface area contributed by atoms with Gasteiger partial charge in [0.15, 0.2) is 0 Å². The first-order chi connectivity index (χ1) is 13.8. The minimum atomic E-state index is -0.504. The van der Waals surface area contributed by atoms with E-state index in [1.165, 1.54) is 41.3 Å². The van der Waals surface area contributed by atoms with Gasteiger partial charge in [0.2, 0.25) is 5.78 Å². The number of carbonyl (C=O) groups excluding carboxylic acids is 1. The van der Waals surface area contributed by atoms with Gasteiger partial charge in [-0.25, -0.2) is 9.78 Å². The van der Waals surface area contributed by atoms with Crippen LogP contribution in [0, 0.1) is 0 Å². The van der Waals surface area contributed by atoms with Crippen LogP contribution in [-0.2, 0) is 14.1 Å². The summed E-state index contributed by atoms with van der Waals surface area (Å²) in [5.74, 6) is 0.161. The zero-order valence-electron chi connectivity index (χ0n) is 15.9. The molecular formula is C19H19BrN4O3S2. The molecule has 0 aliphatic heterocycles. The summed E-state index contributed by atoms with van der Waals surface area (Å²) in [5, 5.41) is 0.388. The van der Waals surface area contributed by atoms with E-state index in [0.717, 1.165) is 39.7 Å². The zero-order chi connectivity index (χ0) is 20.9. The molecule has 0 spiro atoms. The van der Waals surface area contributed by atoms with Crippen LogP contribution in [0.25, 0.3) is 10.6 Å². The molecule has 4 rings (SSSR count). The average molecular weight is 495 g/mol. The van der Waals surface area contributed by atoms with Gasteiger partial charge in [0, 0.05) is 20.0 Å². The number of ketones is 1. The Morgan fingerprint density at radius 2 is 1.86 bits per heavy atom. The molecule has 3 aromatic rings. The van der Waals surface area contributed by atoms with Gasteiger partial charge in [-0.3, -0.25) is 18.7 Å². The maximum atomic E-state index is 13.2. The van der Waals surface area contributed by atoms with Gasteiger partial charge in [0.05, 0.1) is 19.2 Å². The second kappa shape index (κ2) is 7.66. The van der Waals surface area contributed by atoms with E-state index in [4.69, 9.17) is 10.7 Å². The molecule has 0 bridgehead atoms. The summed E-state index contributed by atoms with van der Waals surface area (Å²) in [6, 6.07) is 3.63. The molecule has 0 radical (unpaired) electrons. The van der Waals surface area contributed by atoms with Crippen molar-refractivity contribution in [3.8, 4) is 10.6 Å². The lowest BCUT2D eigenvalue weighted by Gasteiger charge is -2.09. The molecule has 3 heterocycles. The predicted molar refractivity (Wildman–Crippen MR) is 119 cm³/mol. The van der Waals surface area contributed by atoms with Crippen LogP contribution in [0.2, 0.25) is 0 Å². The zero-order valence-corrected chi connectivity index (χ0v) is 19.1. The molecule has 0 aromatic carbocycles. The van der Waals surface area contributed by atoms with Crippen molar-refractivity contribution in [3.05, 3.63) is 52.2 Å². The van der Waals surface area contributed by atoms with Crippen molar-refractivity contribution < 1.29 is 4.79 Å². The van der Waals surface area contributed by atoms with E-state index in [1.54, 1.807) is 6.07 Å². The number of anilines is 1. The Kier molecular flexibility index (Phi) is 5.34. The molecule has 0 atom stereocenters. The highest BCUT2D eigenvalue weighted by atomic mass is 79.9. The first-order valence-corrected chi connectivity index (χ1v) is 11.6. The molecule has 2 N–H and O–H groups in total. The average Bonchev–Trinajstić information content (AvgIpc) is 3.44. The number of hydrogen-bond donors (Lipinski definition) is 1. The Morgan fingerprint density at radius 1 is 1.17 bits per heavy atom. The standard InChI is InChI=1S/C19H19BrN4O3S2/c1-23-16(21)12(18(26)24(2)19(23)27)17-22-13(9-5-3-4-6-9)15(29-17)14(25)10-7-8-11(20)28-10/h7-9H,3-6,21H2,1-2H3. The lowest BCUT2D eigenvalue weighted by molar-refractivity contribution is 0.104. The van der Waals surface area contributed by atoms with Crippen molar-refractivity contribution >= 4 is 50.2 Å². The summed E-state index contributed by atoms with van der Waals surface area (Å²) in [4.78, 5) is 44.1. The number of aromatic nitrogens is 3. The van der Waals surface area contributed by atoms with Gasteiger partial charge < -0.3 is 5.73 Å². The molecule has 29 heavy (non-hydrogen) atoms. The van der Waals surface area contributed by atoms with E-state index in [9.17, 15) is 14.4 Å². The fraction of sp³-hybridized carbons (Fsp3) is 0.368. The number of nitrogen functional groups attached to an aromatic ring is 1. The number of hydrogen-bond acceptors (Lipinski definition) is 7. The molecule has 1 aliphatic carbocycles. The van der Waals surface area contributed by atoms with E-state index in [0.29, 0.717) is 14.8 Å². The van der Waals surface area contributed by atoms with Crippen molar-refractivity contribution in [3.63, 3.8) is 0 Å². The first kappa shape index (κ1) is 20.2. The first-order valence-electron chi connectivity index (χ1n) is 9.16. The lowest BCUT2D eigenvalue weighted by atomic mass is 10.0. The molecule has 7 nitrogen and oxygen atoms in total. The SMILES string of the molecule is Cn1c(N)c(-c2nc(C3CCCC3)c(C(=O)c3ccc(Br)s3)s2)c(=O)n(C)c1=O. The lowest BCUT2D eigenvalue weighted by Crippen LogP contribution is -2.39. The Hall–Kier alpha value is -2.04. The van der Waals surface area contributed by atoms with Crippen LogP contribution in [0.4, 0.5) is 5.82 Å². The highest BCUT2D eigenvalue weighted by Gasteiger charge is 2.30. The third-order valence-corrected chi connectivity index (χ3v) is 8.03. The Bertz CT molecular complexity index is 1230. The predicted octanol–water partition coefficient (Wildman–Crippen LogP) is 3.50. The van der Waals surface area contributed by atoms with Crippen molar-refractivity contribution in [1.82, 2.24) is 14.1 Å². The number of nitrogens with zero attached hydrogens (tertiary/aromatic N) is 3.